The van der Waals surface area contributed by atoms with Crippen LogP contribution in [-0.2, 0) is 17.6 Å². The number of nitrogens with zero attached hydrogens (tertiary/aromatic N) is 1. The van der Waals surface area contributed by atoms with Crippen LogP contribution in [0.25, 0.3) is 0 Å². The molecule has 0 unspecified atom stereocenters. The van der Waals surface area contributed by atoms with Crippen LogP contribution in [0.5, 0.6) is 5.75 Å². The van der Waals surface area contributed by atoms with Crippen LogP contribution >= 0.6 is 0 Å². The third-order valence-corrected chi connectivity index (χ3v) is 3.68. The van der Waals surface area contributed by atoms with Crippen molar-refractivity contribution in [3.05, 3.63) is 63.7 Å². The van der Waals surface area contributed by atoms with Crippen LogP contribution in [0.3, 0.4) is 0 Å². The fourth-order valence-electron chi connectivity index (χ4n) is 2.45. The largest absolute Gasteiger partial charge is 0.477 e. The second-order valence-corrected chi connectivity index (χ2v) is 5.22. The number of rotatable bonds is 7. The highest BCUT2D eigenvalue weighted by atomic mass is 16.6. The Morgan fingerprint density at radius 2 is 1.71 bits per heavy atom. The molecule has 0 saturated heterocycles. The van der Waals surface area contributed by atoms with Crippen molar-refractivity contribution in [3.63, 3.8) is 0 Å². The van der Waals surface area contributed by atoms with Gasteiger partial charge in [0.2, 0.25) is 0 Å². The summed E-state index contributed by atoms with van der Waals surface area (Å²) >= 11 is 0. The lowest BCUT2D eigenvalue weighted by Gasteiger charge is -2.14. The number of nitrogens with one attached hydrogen (secondary N) is 1. The van der Waals surface area contributed by atoms with Gasteiger partial charge < -0.3 is 10.1 Å². The zero-order valence-electron chi connectivity index (χ0n) is 13.7. The predicted molar refractivity (Wildman–Crippen MR) is 92.4 cm³/mol. The second kappa shape index (κ2) is 8.10. The Bertz CT molecular complexity index is 721. The SMILES string of the molecule is CCc1cccc(CC)c1NC(=O)COc1ccccc1[N+](=O)[O-]. The van der Waals surface area contributed by atoms with E-state index in [0.29, 0.717) is 0 Å². The average molecular weight is 328 g/mol. The second-order valence-electron chi connectivity index (χ2n) is 5.22. The minimum Gasteiger partial charge on any atom is -0.477 e. The predicted octanol–water partition coefficient (Wildman–Crippen LogP) is 3.74. The standard InChI is InChI=1S/C18H20N2O4/c1-3-13-8-7-9-14(4-2)18(13)19-17(21)12-24-16-11-6-5-10-15(16)20(22)23/h5-11H,3-4,12H2,1-2H3,(H,19,21). The van der Waals surface area contributed by atoms with E-state index >= 15 is 0 Å². The summed E-state index contributed by atoms with van der Waals surface area (Å²) in [5.74, 6) is -0.263. The molecule has 0 aliphatic carbocycles. The summed E-state index contributed by atoms with van der Waals surface area (Å²) in [7, 11) is 0. The zero-order chi connectivity index (χ0) is 17.5. The first-order valence-corrected chi connectivity index (χ1v) is 7.83. The lowest BCUT2D eigenvalue weighted by atomic mass is 10.0. The maximum absolute atomic E-state index is 12.2. The molecule has 0 spiro atoms. The maximum atomic E-state index is 12.2. The normalized spacial score (nSPS) is 10.2. The van der Waals surface area contributed by atoms with Gasteiger partial charge in [-0.15, -0.1) is 0 Å². The van der Waals surface area contributed by atoms with Crippen molar-refractivity contribution in [2.45, 2.75) is 26.7 Å². The van der Waals surface area contributed by atoms with Crippen LogP contribution in [0, 0.1) is 10.1 Å². The zero-order valence-corrected chi connectivity index (χ0v) is 13.7. The van der Waals surface area contributed by atoms with Crippen molar-refractivity contribution >= 4 is 17.3 Å². The molecule has 0 fully saturated rings. The maximum Gasteiger partial charge on any atom is 0.310 e. The third kappa shape index (κ3) is 4.10. The molecule has 0 radical (unpaired) electrons. The van der Waals surface area contributed by atoms with Gasteiger partial charge >= 0.3 is 5.69 Å². The molecule has 0 aliphatic rings. The first-order chi connectivity index (χ1) is 11.6. The average Bonchev–Trinajstić information content (AvgIpc) is 2.60. The number of carbonyl (C=O) groups is 1. The van der Waals surface area contributed by atoms with Crippen LogP contribution in [0.2, 0.25) is 0 Å². The van der Waals surface area contributed by atoms with Gasteiger partial charge in [-0.2, -0.15) is 0 Å². The number of nitro groups is 1. The Labute approximate surface area is 140 Å². The van der Waals surface area contributed by atoms with Gasteiger partial charge in [-0.05, 0) is 30.0 Å². The number of amides is 1. The first-order valence-electron chi connectivity index (χ1n) is 7.83. The number of hydrogen-bond acceptors (Lipinski definition) is 4. The van der Waals surface area contributed by atoms with E-state index in [9.17, 15) is 14.9 Å². The number of benzene rings is 2. The molecule has 0 atom stereocenters. The van der Waals surface area contributed by atoms with Gasteiger partial charge in [-0.3, -0.25) is 14.9 Å². The number of ether oxygens (including phenoxy) is 1. The highest BCUT2D eigenvalue weighted by Crippen LogP contribution is 2.26. The Kier molecular flexibility index (Phi) is 5.89. The molecule has 6 heteroatoms. The van der Waals surface area contributed by atoms with Crippen LogP contribution < -0.4 is 10.1 Å². The Morgan fingerprint density at radius 3 is 2.29 bits per heavy atom. The summed E-state index contributed by atoms with van der Waals surface area (Å²) in [5.41, 5.74) is 2.74. The van der Waals surface area contributed by atoms with Crippen molar-refractivity contribution in [1.82, 2.24) is 0 Å². The smallest absolute Gasteiger partial charge is 0.310 e. The number of carbonyl (C=O) groups excluding carboxylic acids is 1. The van der Waals surface area contributed by atoms with Gasteiger partial charge in [-0.25, -0.2) is 0 Å². The van der Waals surface area contributed by atoms with Gasteiger partial charge in [0.05, 0.1) is 4.92 Å². The number of para-hydroxylation sites is 3. The van der Waals surface area contributed by atoms with Gasteiger partial charge in [0, 0.05) is 11.8 Å². The Balaban J connectivity index is 2.09. The molecule has 6 nitrogen and oxygen atoms in total. The number of aryl methyl sites for hydroxylation is 2. The van der Waals surface area contributed by atoms with Crippen LogP contribution in [0.1, 0.15) is 25.0 Å². The lowest BCUT2D eigenvalue weighted by Crippen LogP contribution is -2.22. The molecule has 24 heavy (non-hydrogen) atoms. The Morgan fingerprint density at radius 1 is 1.08 bits per heavy atom. The summed E-state index contributed by atoms with van der Waals surface area (Å²) < 4.78 is 5.33. The number of nitro benzene ring substituents is 1. The molecule has 0 saturated carbocycles. The fourth-order valence-corrected chi connectivity index (χ4v) is 2.45. The van der Waals surface area contributed by atoms with Gasteiger partial charge in [0.15, 0.2) is 12.4 Å². The van der Waals surface area contributed by atoms with Gasteiger partial charge in [-0.1, -0.05) is 44.2 Å². The molecule has 0 aromatic heterocycles. The molecule has 2 aromatic rings. The fraction of sp³-hybridized carbons (Fsp3) is 0.278. The molecule has 1 N–H and O–H groups in total. The molecule has 0 aliphatic heterocycles. The minimum atomic E-state index is -0.533. The summed E-state index contributed by atoms with van der Waals surface area (Å²) in [4.78, 5) is 22.6. The van der Waals surface area contributed by atoms with E-state index in [1.807, 2.05) is 32.0 Å². The first kappa shape index (κ1) is 17.5. The van der Waals surface area contributed by atoms with Crippen molar-refractivity contribution in [3.8, 4) is 5.75 Å². The molecule has 2 rings (SSSR count). The summed E-state index contributed by atoms with van der Waals surface area (Å²) in [6.07, 6.45) is 1.60. The molecule has 0 bridgehead atoms. The van der Waals surface area contributed by atoms with Crippen molar-refractivity contribution in [2.75, 3.05) is 11.9 Å². The van der Waals surface area contributed by atoms with Gasteiger partial charge in [0.1, 0.15) is 0 Å². The molecule has 0 heterocycles. The Hall–Kier alpha value is -2.89. The van der Waals surface area contributed by atoms with E-state index < -0.39 is 4.92 Å². The molecule has 1 amide bonds. The van der Waals surface area contributed by atoms with Crippen molar-refractivity contribution in [1.29, 1.82) is 0 Å². The van der Waals surface area contributed by atoms with E-state index in [2.05, 4.69) is 5.32 Å². The van der Waals surface area contributed by atoms with E-state index in [1.165, 1.54) is 12.1 Å². The summed E-state index contributed by atoms with van der Waals surface area (Å²) in [6, 6.07) is 11.9. The molecular weight excluding hydrogens is 308 g/mol. The van der Waals surface area contributed by atoms with Crippen LogP contribution in [0.15, 0.2) is 42.5 Å². The van der Waals surface area contributed by atoms with Crippen LogP contribution in [-0.4, -0.2) is 17.4 Å². The molecule has 126 valence electrons. The third-order valence-electron chi connectivity index (χ3n) is 3.68. The lowest BCUT2D eigenvalue weighted by molar-refractivity contribution is -0.385. The summed E-state index contributed by atoms with van der Waals surface area (Å²) in [5, 5.41) is 13.8. The van der Waals surface area contributed by atoms with Crippen LogP contribution in [0.4, 0.5) is 11.4 Å². The number of anilines is 1. The topological polar surface area (TPSA) is 81.5 Å². The highest BCUT2D eigenvalue weighted by molar-refractivity contribution is 5.93. The quantitative estimate of drug-likeness (QED) is 0.620. The molecular formula is C18H20N2O4. The summed E-state index contributed by atoms with van der Waals surface area (Å²) in [6.45, 7) is 3.76. The monoisotopic (exact) mass is 328 g/mol. The van der Waals surface area contributed by atoms with E-state index in [-0.39, 0.29) is 24.0 Å². The van der Waals surface area contributed by atoms with E-state index in [1.54, 1.807) is 12.1 Å². The number of hydrogen-bond donors (Lipinski definition) is 1. The molecule has 2 aromatic carbocycles. The van der Waals surface area contributed by atoms with Gasteiger partial charge in [0.25, 0.3) is 5.91 Å². The minimum absolute atomic E-state index is 0.0807. The van der Waals surface area contributed by atoms with Crippen molar-refractivity contribution in [2.24, 2.45) is 0 Å². The van der Waals surface area contributed by atoms with Crippen molar-refractivity contribution < 1.29 is 14.5 Å². The highest BCUT2D eigenvalue weighted by Gasteiger charge is 2.16. The van der Waals surface area contributed by atoms with E-state index in [4.69, 9.17) is 4.74 Å². The van der Waals surface area contributed by atoms with E-state index in [0.717, 1.165) is 29.7 Å².